The molecule has 1 saturated carbocycles. The molecule has 124 valence electrons. The number of hydrogen-bond acceptors (Lipinski definition) is 4. The minimum absolute atomic E-state index is 0.0197. The van der Waals surface area contributed by atoms with Gasteiger partial charge in [0.05, 0.1) is 0 Å². The molecular weight excluding hydrogens is 287 g/mol. The van der Waals surface area contributed by atoms with Crippen LogP contribution in [0.1, 0.15) is 72.6 Å². The Bertz CT molecular complexity index is 363. The first-order valence-corrected chi connectivity index (χ1v) is 10.1. The summed E-state index contributed by atoms with van der Waals surface area (Å²) in [5.41, 5.74) is -0.0197. The van der Waals surface area contributed by atoms with Crippen LogP contribution in [0.4, 0.5) is 0 Å². The maximum absolute atomic E-state index is 13.4. The van der Waals surface area contributed by atoms with Crippen LogP contribution < -0.4 is 0 Å². The lowest BCUT2D eigenvalue weighted by Crippen LogP contribution is -2.25. The molecule has 5 heteroatoms. The molecule has 0 aromatic rings. The third-order valence-corrected chi connectivity index (χ3v) is 7.64. The van der Waals surface area contributed by atoms with Gasteiger partial charge in [-0.15, -0.1) is 0 Å². The third kappa shape index (κ3) is 5.41. The van der Waals surface area contributed by atoms with Crippen LogP contribution in [0.2, 0.25) is 0 Å². The molecule has 21 heavy (non-hydrogen) atoms. The quantitative estimate of drug-likeness (QED) is 0.594. The van der Waals surface area contributed by atoms with Gasteiger partial charge in [-0.05, 0) is 32.6 Å². The summed E-state index contributed by atoms with van der Waals surface area (Å²) >= 11 is 0. The second kappa shape index (κ2) is 8.95. The molecule has 1 rings (SSSR count). The van der Waals surface area contributed by atoms with E-state index in [4.69, 9.17) is 9.26 Å². The highest BCUT2D eigenvalue weighted by molar-refractivity contribution is 7.60. The molecule has 0 saturated heterocycles. The Balaban J connectivity index is 2.80. The zero-order chi connectivity index (χ0) is 15.9. The molecular formula is C16H31O4P. The van der Waals surface area contributed by atoms with Crippen molar-refractivity contribution in [2.24, 2.45) is 5.92 Å². The van der Waals surface area contributed by atoms with E-state index in [1.165, 1.54) is 6.42 Å². The van der Waals surface area contributed by atoms with E-state index < -0.39 is 13.2 Å². The summed E-state index contributed by atoms with van der Waals surface area (Å²) in [7, 11) is -3.10. The highest BCUT2D eigenvalue weighted by atomic mass is 31.2. The average molecular weight is 318 g/mol. The first-order valence-electron chi connectivity index (χ1n) is 8.37. The van der Waals surface area contributed by atoms with Crippen LogP contribution in [0, 0.1) is 5.92 Å². The van der Waals surface area contributed by atoms with E-state index in [-0.39, 0.29) is 17.5 Å². The minimum Gasteiger partial charge on any atom is -0.409 e. The Morgan fingerprint density at radius 3 is 2.33 bits per heavy atom. The standard InChI is InChI=1S/C16H31O4P/c1-5-13(3)12-16(17)20-21(18,14(4)19-6-2)15-10-8-7-9-11-15/h13-15H,5-12H2,1-4H3. The second-order valence-corrected chi connectivity index (χ2v) is 9.10. The number of carbonyl (C=O) groups excluding carboxylic acids is 1. The largest absolute Gasteiger partial charge is 0.409 e. The molecule has 1 fully saturated rings. The molecule has 1 aliphatic rings. The van der Waals surface area contributed by atoms with Crippen molar-refractivity contribution in [3.05, 3.63) is 0 Å². The fraction of sp³-hybridized carbons (Fsp3) is 0.938. The molecule has 3 atom stereocenters. The predicted octanol–water partition coefficient (Wildman–Crippen LogP) is 4.96. The average Bonchev–Trinajstić information content (AvgIpc) is 2.47. The van der Waals surface area contributed by atoms with Gasteiger partial charge in [-0.2, -0.15) is 0 Å². The van der Waals surface area contributed by atoms with Gasteiger partial charge in [0.1, 0.15) is 5.85 Å². The first kappa shape index (κ1) is 18.7. The number of hydrogen-bond donors (Lipinski definition) is 0. The van der Waals surface area contributed by atoms with Gasteiger partial charge in [-0.1, -0.05) is 39.5 Å². The maximum Gasteiger partial charge on any atom is 0.311 e. The van der Waals surface area contributed by atoms with Crippen molar-refractivity contribution in [3.8, 4) is 0 Å². The zero-order valence-corrected chi connectivity index (χ0v) is 14.9. The van der Waals surface area contributed by atoms with Gasteiger partial charge in [0.25, 0.3) is 7.37 Å². The van der Waals surface area contributed by atoms with E-state index in [0.717, 1.165) is 32.1 Å². The SMILES string of the molecule is CCOC(C)P(=O)(OC(=O)CC(C)CC)C1CCCCC1. The fourth-order valence-electron chi connectivity index (χ4n) is 2.86. The third-order valence-electron chi connectivity index (χ3n) is 4.45. The highest BCUT2D eigenvalue weighted by Crippen LogP contribution is 2.60. The summed E-state index contributed by atoms with van der Waals surface area (Å²) in [6, 6.07) is 0. The molecule has 0 heterocycles. The maximum atomic E-state index is 13.4. The lowest BCUT2D eigenvalue weighted by atomic mass is 10.0. The Hall–Kier alpha value is -0.340. The molecule has 0 aliphatic heterocycles. The summed E-state index contributed by atoms with van der Waals surface area (Å²) in [6.07, 6.45) is 6.33. The fourth-order valence-corrected chi connectivity index (χ4v) is 5.58. The molecule has 0 N–H and O–H groups in total. The highest BCUT2D eigenvalue weighted by Gasteiger charge is 2.43. The molecule has 0 aromatic heterocycles. The Labute approximate surface area is 129 Å². The molecule has 1 aliphatic carbocycles. The molecule has 0 aromatic carbocycles. The van der Waals surface area contributed by atoms with Crippen molar-refractivity contribution in [2.45, 2.75) is 84.1 Å². The van der Waals surface area contributed by atoms with Crippen molar-refractivity contribution in [3.63, 3.8) is 0 Å². The smallest absolute Gasteiger partial charge is 0.311 e. The van der Waals surface area contributed by atoms with Crippen molar-refractivity contribution in [2.75, 3.05) is 6.61 Å². The summed E-state index contributed by atoms with van der Waals surface area (Å²) in [4.78, 5) is 12.1. The summed E-state index contributed by atoms with van der Waals surface area (Å²) < 4.78 is 24.5. The number of ether oxygens (including phenoxy) is 1. The summed E-state index contributed by atoms with van der Waals surface area (Å²) in [6.45, 7) is 8.21. The molecule has 0 radical (unpaired) electrons. The Morgan fingerprint density at radius 1 is 1.19 bits per heavy atom. The minimum atomic E-state index is -3.10. The van der Waals surface area contributed by atoms with Gasteiger partial charge < -0.3 is 9.26 Å². The Kier molecular flexibility index (Phi) is 7.97. The second-order valence-electron chi connectivity index (χ2n) is 6.17. The van der Waals surface area contributed by atoms with E-state index in [1.54, 1.807) is 6.92 Å². The van der Waals surface area contributed by atoms with E-state index >= 15 is 0 Å². The molecule has 0 spiro atoms. The van der Waals surface area contributed by atoms with Gasteiger partial charge in [-0.25, -0.2) is 0 Å². The van der Waals surface area contributed by atoms with Gasteiger partial charge in [0.2, 0.25) is 0 Å². The van der Waals surface area contributed by atoms with Gasteiger partial charge in [0.15, 0.2) is 0 Å². The number of rotatable bonds is 8. The van der Waals surface area contributed by atoms with Crippen LogP contribution in [0.15, 0.2) is 0 Å². The number of carbonyl (C=O) groups is 1. The molecule has 4 nitrogen and oxygen atoms in total. The predicted molar refractivity (Wildman–Crippen MR) is 85.7 cm³/mol. The van der Waals surface area contributed by atoms with Crippen LogP contribution in [-0.4, -0.2) is 24.1 Å². The van der Waals surface area contributed by atoms with E-state index in [0.29, 0.717) is 13.0 Å². The summed E-state index contributed by atoms with van der Waals surface area (Å²) in [5, 5.41) is 0. The van der Waals surface area contributed by atoms with Crippen LogP contribution >= 0.6 is 7.37 Å². The van der Waals surface area contributed by atoms with Crippen LogP contribution in [0.25, 0.3) is 0 Å². The van der Waals surface area contributed by atoms with Crippen LogP contribution in [0.3, 0.4) is 0 Å². The van der Waals surface area contributed by atoms with Crippen LogP contribution in [-0.2, 0) is 18.6 Å². The van der Waals surface area contributed by atoms with Gasteiger partial charge in [-0.3, -0.25) is 9.36 Å². The van der Waals surface area contributed by atoms with Gasteiger partial charge >= 0.3 is 5.97 Å². The van der Waals surface area contributed by atoms with Gasteiger partial charge in [0, 0.05) is 18.7 Å². The Morgan fingerprint density at radius 2 is 1.81 bits per heavy atom. The van der Waals surface area contributed by atoms with E-state index in [9.17, 15) is 9.36 Å². The zero-order valence-electron chi connectivity index (χ0n) is 14.0. The molecule has 0 amide bonds. The first-order chi connectivity index (χ1) is 9.93. The summed E-state index contributed by atoms with van der Waals surface area (Å²) in [5.74, 6) is -0.559. The monoisotopic (exact) mass is 318 g/mol. The normalized spacial score (nSPS) is 22.3. The molecule has 3 unspecified atom stereocenters. The van der Waals surface area contributed by atoms with Crippen molar-refractivity contribution < 1.29 is 18.6 Å². The van der Waals surface area contributed by atoms with Crippen molar-refractivity contribution in [1.29, 1.82) is 0 Å². The lowest BCUT2D eigenvalue weighted by molar-refractivity contribution is -0.135. The van der Waals surface area contributed by atoms with Crippen molar-refractivity contribution >= 4 is 13.3 Å². The van der Waals surface area contributed by atoms with E-state index in [1.807, 2.05) is 20.8 Å². The topological polar surface area (TPSA) is 52.6 Å². The lowest BCUT2D eigenvalue weighted by Gasteiger charge is -2.33. The van der Waals surface area contributed by atoms with E-state index in [2.05, 4.69) is 0 Å². The molecule has 0 bridgehead atoms. The van der Waals surface area contributed by atoms with Crippen LogP contribution in [0.5, 0.6) is 0 Å². The van der Waals surface area contributed by atoms with Crippen molar-refractivity contribution in [1.82, 2.24) is 0 Å².